The molecule has 15 heteroatoms. The lowest BCUT2D eigenvalue weighted by molar-refractivity contribution is 0.414. The van der Waals surface area contributed by atoms with Crippen molar-refractivity contribution in [3.63, 3.8) is 0 Å². The first-order chi connectivity index (χ1) is 16.8. The van der Waals surface area contributed by atoms with Gasteiger partial charge in [-0.15, -0.1) is 5.11 Å². The van der Waals surface area contributed by atoms with E-state index in [9.17, 15) is 16.8 Å². The van der Waals surface area contributed by atoms with Crippen LogP contribution in [0.15, 0.2) is 61.7 Å². The molecule has 5 rings (SSSR count). The molecule has 0 unspecified atom stereocenters. The van der Waals surface area contributed by atoms with Crippen LogP contribution in [0.25, 0.3) is 22.2 Å². The number of aliphatic imine (C=N–C) groups is 1. The molecule has 13 nitrogen and oxygen atoms in total. The van der Waals surface area contributed by atoms with Gasteiger partial charge in [0.25, 0.3) is 0 Å². The second-order valence-corrected chi connectivity index (χ2v) is 11.3. The number of nitrogens with two attached hydrogens (primary N) is 1. The number of nitrogens with zero attached hydrogens (tertiary/aromatic N) is 4. The van der Waals surface area contributed by atoms with Crippen molar-refractivity contribution in [2.45, 2.75) is 15.8 Å². The summed E-state index contributed by atoms with van der Waals surface area (Å²) in [6.07, 6.45) is 1.51. The Bertz CT molecular complexity index is 1560. The molecule has 0 spiro atoms. The first-order valence-corrected chi connectivity index (χ1v) is 13.8. The molecule has 0 radical (unpaired) electrons. The number of hydrogen-bond donors (Lipinski definition) is 5. The van der Waals surface area contributed by atoms with Gasteiger partial charge in [-0.05, 0) is 17.7 Å². The van der Waals surface area contributed by atoms with Crippen LogP contribution in [0.4, 0.5) is 0 Å². The van der Waals surface area contributed by atoms with Crippen molar-refractivity contribution in [1.29, 1.82) is 0 Å². The number of benzene rings is 2. The highest BCUT2D eigenvalue weighted by atomic mass is 32.2. The summed E-state index contributed by atoms with van der Waals surface area (Å²) in [7, 11) is -8.84. The quantitative estimate of drug-likeness (QED) is 0.288. The van der Waals surface area contributed by atoms with E-state index >= 15 is 0 Å². The first kappa shape index (κ1) is 23.7. The van der Waals surface area contributed by atoms with E-state index in [1.165, 1.54) is 18.5 Å². The Hall–Kier alpha value is -3.08. The van der Waals surface area contributed by atoms with Gasteiger partial charge in [0.1, 0.15) is 9.79 Å². The summed E-state index contributed by atoms with van der Waals surface area (Å²) in [6.45, 7) is 2.09. The normalized spacial score (nSPS) is 18.8. The maximum absolute atomic E-state index is 13.3. The Kier molecular flexibility index (Phi) is 6.20. The Morgan fingerprint density at radius 2 is 1.94 bits per heavy atom. The molecule has 1 fully saturated rings. The van der Waals surface area contributed by atoms with Crippen molar-refractivity contribution in [3.05, 3.63) is 42.2 Å². The summed E-state index contributed by atoms with van der Waals surface area (Å²) >= 11 is 0. The fourth-order valence-electron chi connectivity index (χ4n) is 4.19. The number of primary sulfonamides is 1. The number of piperazine rings is 1. The minimum Gasteiger partial charge on any atom is -0.345 e. The first-order valence-electron chi connectivity index (χ1n) is 10.7. The van der Waals surface area contributed by atoms with E-state index in [4.69, 9.17) is 5.14 Å². The fourth-order valence-corrected chi connectivity index (χ4v) is 6.87. The molecular weight excluding hydrogens is 494 g/mol. The molecule has 0 bridgehead atoms. The predicted octanol–water partition coefficient (Wildman–Crippen LogP) is -0.113. The number of sulfonamides is 2. The third kappa shape index (κ3) is 4.61. The van der Waals surface area contributed by atoms with E-state index in [1.54, 1.807) is 12.1 Å². The summed E-state index contributed by atoms with van der Waals surface area (Å²) in [5, 5.41) is 19.8. The van der Waals surface area contributed by atoms with Crippen LogP contribution in [0.2, 0.25) is 0 Å². The molecule has 1 aromatic heterocycles. The van der Waals surface area contributed by atoms with Crippen molar-refractivity contribution in [2.24, 2.45) is 20.4 Å². The number of imidazole rings is 1. The lowest BCUT2D eigenvalue weighted by Crippen LogP contribution is -2.53. The number of nitrogens with one attached hydrogen (secondary N) is 4. The predicted molar refractivity (Wildman–Crippen MR) is 129 cm³/mol. The standard InChI is InChI=1S/C20H23N9O4S2/c21-34(30,31)19-16(35(32,33)28-9-12-8-22-6-7-23-12)5-4-13(17(19)20-26-11-27-29-20)14-2-1-3-15-18(14)25-10-24-15/h1-5,10,12,22-23,28H,6-9,11H2,(H,24,25)(H2,21,30,31)/t12-/m1/s1. The lowest BCUT2D eigenvalue weighted by atomic mass is 9.97. The second kappa shape index (κ2) is 9.18. The van der Waals surface area contributed by atoms with Crippen LogP contribution in [0.5, 0.6) is 0 Å². The number of hydrogen-bond acceptors (Lipinski definition) is 10. The molecule has 1 saturated heterocycles. The second-order valence-electron chi connectivity index (χ2n) is 8.04. The Labute approximate surface area is 201 Å². The number of para-hydroxylation sites is 1. The maximum atomic E-state index is 13.3. The Balaban J connectivity index is 1.70. The van der Waals surface area contributed by atoms with Gasteiger partial charge < -0.3 is 15.6 Å². The van der Waals surface area contributed by atoms with Crippen LogP contribution >= 0.6 is 0 Å². The third-order valence-corrected chi connectivity index (χ3v) is 8.34. The lowest BCUT2D eigenvalue weighted by Gasteiger charge is -2.25. The zero-order valence-electron chi connectivity index (χ0n) is 18.4. The van der Waals surface area contributed by atoms with Gasteiger partial charge in [0.15, 0.2) is 12.5 Å². The van der Waals surface area contributed by atoms with Crippen LogP contribution in [0, 0.1) is 0 Å². The van der Waals surface area contributed by atoms with Gasteiger partial charge in [0.2, 0.25) is 20.0 Å². The fraction of sp³-hybridized carbons (Fsp3) is 0.300. The van der Waals surface area contributed by atoms with Gasteiger partial charge >= 0.3 is 0 Å². The van der Waals surface area contributed by atoms with Gasteiger partial charge in [0.05, 0.1) is 22.9 Å². The van der Waals surface area contributed by atoms with Crippen molar-refractivity contribution in [2.75, 3.05) is 32.8 Å². The number of amidine groups is 1. The molecule has 2 aliphatic rings. The topological polar surface area (TPSA) is 196 Å². The average molecular weight is 518 g/mol. The Morgan fingerprint density at radius 1 is 1.09 bits per heavy atom. The largest absolute Gasteiger partial charge is 0.345 e. The number of rotatable bonds is 7. The summed E-state index contributed by atoms with van der Waals surface area (Å²) in [5.41, 5.74) is 2.16. The molecule has 3 heterocycles. The number of H-pyrrole nitrogens is 1. The number of aromatic nitrogens is 2. The summed E-state index contributed by atoms with van der Waals surface area (Å²) in [6, 6.07) is 7.92. The zero-order chi connectivity index (χ0) is 24.6. The molecule has 6 N–H and O–H groups in total. The van der Waals surface area contributed by atoms with Crippen molar-refractivity contribution in [1.82, 2.24) is 25.3 Å². The van der Waals surface area contributed by atoms with Crippen molar-refractivity contribution >= 4 is 36.9 Å². The van der Waals surface area contributed by atoms with Gasteiger partial charge in [-0.25, -0.2) is 36.7 Å². The highest BCUT2D eigenvalue weighted by molar-refractivity contribution is 7.92. The van der Waals surface area contributed by atoms with Gasteiger partial charge in [0, 0.05) is 37.8 Å². The molecule has 2 aliphatic heterocycles. The van der Waals surface area contributed by atoms with Crippen LogP contribution in [0.1, 0.15) is 5.56 Å². The van der Waals surface area contributed by atoms with E-state index in [0.29, 0.717) is 35.2 Å². The van der Waals surface area contributed by atoms with Crippen LogP contribution in [-0.4, -0.2) is 71.5 Å². The molecule has 0 saturated carbocycles. The minimum atomic E-state index is -4.56. The van der Waals surface area contributed by atoms with Crippen molar-refractivity contribution < 1.29 is 16.8 Å². The minimum absolute atomic E-state index is 0.0129. The maximum Gasteiger partial charge on any atom is 0.241 e. The average Bonchev–Trinajstić information content (AvgIpc) is 3.54. The molecule has 2 aromatic carbocycles. The van der Waals surface area contributed by atoms with E-state index in [1.807, 2.05) is 6.07 Å². The van der Waals surface area contributed by atoms with Crippen LogP contribution < -0.4 is 20.5 Å². The molecule has 35 heavy (non-hydrogen) atoms. The van der Waals surface area contributed by atoms with E-state index in [0.717, 1.165) is 6.54 Å². The highest BCUT2D eigenvalue weighted by Crippen LogP contribution is 2.37. The van der Waals surface area contributed by atoms with Gasteiger partial charge in [-0.1, -0.05) is 18.2 Å². The van der Waals surface area contributed by atoms with Crippen molar-refractivity contribution in [3.8, 4) is 11.1 Å². The summed E-state index contributed by atoms with van der Waals surface area (Å²) < 4.78 is 55.0. The summed E-state index contributed by atoms with van der Waals surface area (Å²) in [4.78, 5) is 10.4. The molecule has 1 atom stereocenters. The summed E-state index contributed by atoms with van der Waals surface area (Å²) in [5.74, 6) is -0.0215. The number of aromatic amines is 1. The molecule has 3 aromatic rings. The van der Waals surface area contributed by atoms with Crippen LogP contribution in [0.3, 0.4) is 0 Å². The monoisotopic (exact) mass is 517 g/mol. The molecule has 184 valence electrons. The van der Waals surface area contributed by atoms with E-state index in [-0.39, 0.29) is 30.7 Å². The number of azo groups is 1. The zero-order valence-corrected chi connectivity index (χ0v) is 20.0. The molecule has 0 amide bonds. The SMILES string of the molecule is NS(=O)(=O)c1c(S(=O)(=O)NC[C@H]2CNCCN2)ccc(-c2cccc3[nH]cnc23)c1C1=NCN=N1. The number of fused-ring (bicyclic) bond motifs is 1. The third-order valence-electron chi connectivity index (χ3n) is 5.75. The van der Waals surface area contributed by atoms with E-state index < -0.39 is 29.8 Å². The Morgan fingerprint density at radius 3 is 2.66 bits per heavy atom. The molecular formula is C20H23N9O4S2. The van der Waals surface area contributed by atoms with E-state index in [2.05, 4.69) is 40.5 Å². The van der Waals surface area contributed by atoms with Crippen LogP contribution in [-0.2, 0) is 20.0 Å². The van der Waals surface area contributed by atoms with Gasteiger partial charge in [-0.3, -0.25) is 0 Å². The highest BCUT2D eigenvalue weighted by Gasteiger charge is 2.33. The smallest absolute Gasteiger partial charge is 0.241 e. The van der Waals surface area contributed by atoms with Gasteiger partial charge in [-0.2, -0.15) is 5.11 Å². The molecule has 0 aliphatic carbocycles.